The normalized spacial score (nSPS) is 11.4. The van der Waals surface area contributed by atoms with Gasteiger partial charge in [0.2, 0.25) is 0 Å². The summed E-state index contributed by atoms with van der Waals surface area (Å²) in [5.41, 5.74) is 14.8. The van der Waals surface area contributed by atoms with Crippen LogP contribution in [0.1, 0.15) is 0 Å². The molecule has 58 heavy (non-hydrogen) atoms. The van der Waals surface area contributed by atoms with Crippen molar-refractivity contribution in [1.82, 2.24) is 0 Å². The van der Waals surface area contributed by atoms with Gasteiger partial charge in [0.1, 0.15) is 0 Å². The SMILES string of the molecule is c1ccc(-c2c(-c3cccc(-c4cccc5cc6c(-c7cccc(-c8ccc9ccccc9c8-c8ccccc8)c7)cccc6cc45)c3)ccc3ccccc23)cc1. The Morgan fingerprint density at radius 1 is 0.172 bits per heavy atom. The lowest BCUT2D eigenvalue weighted by atomic mass is 9.87. The van der Waals surface area contributed by atoms with Crippen LogP contribution in [0.5, 0.6) is 0 Å². The molecule has 0 fully saturated rings. The minimum atomic E-state index is 1.21. The van der Waals surface area contributed by atoms with Crippen molar-refractivity contribution in [3.05, 3.63) is 231 Å². The number of hydrogen-bond donors (Lipinski definition) is 0. The van der Waals surface area contributed by atoms with Crippen LogP contribution in [0.4, 0.5) is 0 Å². The third-order valence-corrected chi connectivity index (χ3v) is 11.8. The Bertz CT molecular complexity index is 3090. The Labute approximate surface area is 339 Å². The quantitative estimate of drug-likeness (QED) is 0.149. The molecule has 0 aliphatic heterocycles. The van der Waals surface area contributed by atoms with E-state index in [0.29, 0.717) is 0 Å². The number of hydrogen-bond acceptors (Lipinski definition) is 0. The van der Waals surface area contributed by atoms with Gasteiger partial charge in [-0.3, -0.25) is 0 Å². The molecule has 270 valence electrons. The molecule has 0 aliphatic carbocycles. The Balaban J connectivity index is 1.02. The molecule has 0 N–H and O–H groups in total. The van der Waals surface area contributed by atoms with Gasteiger partial charge >= 0.3 is 0 Å². The molecule has 0 saturated heterocycles. The van der Waals surface area contributed by atoms with E-state index in [0.717, 1.165) is 0 Å². The second kappa shape index (κ2) is 14.2. The molecule has 0 saturated carbocycles. The Morgan fingerprint density at radius 2 is 0.517 bits per heavy atom. The largest absolute Gasteiger partial charge is 0.0622 e. The van der Waals surface area contributed by atoms with E-state index in [1.807, 2.05) is 0 Å². The minimum absolute atomic E-state index is 1.21. The van der Waals surface area contributed by atoms with Crippen molar-refractivity contribution in [2.75, 3.05) is 0 Å². The van der Waals surface area contributed by atoms with Crippen molar-refractivity contribution in [3.63, 3.8) is 0 Å². The first-order chi connectivity index (χ1) is 28.8. The van der Waals surface area contributed by atoms with Crippen molar-refractivity contribution in [2.45, 2.75) is 0 Å². The standard InChI is InChI=1S/C58H38/c1-3-17-41(18-4-1)57-51-27-9-7-15-39(51)31-33-53(57)45-23-11-21-43(35-45)49-29-13-25-47-38-56-48(37-55(47)49)26-14-30-50(56)44-22-12-24-46(36-44)54-34-32-40-16-8-10-28-52(40)58(54)42-19-5-2-6-20-42/h1-38H. The van der Waals surface area contributed by atoms with Crippen molar-refractivity contribution in [3.8, 4) is 66.8 Å². The second-order valence-corrected chi connectivity index (χ2v) is 15.2. The topological polar surface area (TPSA) is 0 Å². The van der Waals surface area contributed by atoms with Gasteiger partial charge in [-0.1, -0.05) is 206 Å². The van der Waals surface area contributed by atoms with E-state index in [4.69, 9.17) is 0 Å². The minimum Gasteiger partial charge on any atom is -0.0622 e. The average Bonchev–Trinajstić information content (AvgIpc) is 3.30. The summed E-state index contributed by atoms with van der Waals surface area (Å²) in [6.07, 6.45) is 0. The lowest BCUT2D eigenvalue weighted by Gasteiger charge is -2.16. The molecule has 0 nitrogen and oxygen atoms in total. The average molecular weight is 735 g/mol. The molecule has 0 aliphatic rings. The van der Waals surface area contributed by atoms with E-state index in [2.05, 4.69) is 231 Å². The van der Waals surface area contributed by atoms with Gasteiger partial charge in [0.05, 0.1) is 0 Å². The molecule has 0 atom stereocenters. The molecule has 11 aromatic rings. The third kappa shape index (κ3) is 5.86. The zero-order valence-electron chi connectivity index (χ0n) is 31.9. The first-order valence-electron chi connectivity index (χ1n) is 20.1. The molecule has 0 heteroatoms. The van der Waals surface area contributed by atoms with Gasteiger partial charge in [-0.25, -0.2) is 0 Å². The van der Waals surface area contributed by atoms with E-state index < -0.39 is 0 Å². The maximum Gasteiger partial charge on any atom is -0.00268 e. The van der Waals surface area contributed by atoms with Crippen LogP contribution in [0.3, 0.4) is 0 Å². The van der Waals surface area contributed by atoms with Crippen LogP contribution in [-0.2, 0) is 0 Å². The van der Waals surface area contributed by atoms with Gasteiger partial charge in [-0.15, -0.1) is 0 Å². The summed E-state index contributed by atoms with van der Waals surface area (Å²) in [6.45, 7) is 0. The highest BCUT2D eigenvalue weighted by molar-refractivity contribution is 6.10. The van der Waals surface area contributed by atoms with Gasteiger partial charge in [-0.05, 0) is 134 Å². The van der Waals surface area contributed by atoms with Crippen LogP contribution < -0.4 is 0 Å². The summed E-state index contributed by atoms with van der Waals surface area (Å²) < 4.78 is 0. The summed E-state index contributed by atoms with van der Waals surface area (Å²) in [5.74, 6) is 0. The monoisotopic (exact) mass is 734 g/mol. The third-order valence-electron chi connectivity index (χ3n) is 11.8. The maximum atomic E-state index is 2.39. The zero-order chi connectivity index (χ0) is 38.4. The Kier molecular flexibility index (Phi) is 8.26. The van der Waals surface area contributed by atoms with Crippen LogP contribution in [0.25, 0.3) is 110 Å². The molecular formula is C58H38. The highest BCUT2D eigenvalue weighted by Crippen LogP contribution is 2.43. The molecule has 0 bridgehead atoms. The summed E-state index contributed by atoms with van der Waals surface area (Å²) in [5, 5.41) is 10.0. The van der Waals surface area contributed by atoms with Crippen molar-refractivity contribution >= 4 is 43.1 Å². The van der Waals surface area contributed by atoms with Crippen LogP contribution in [0, 0.1) is 0 Å². The van der Waals surface area contributed by atoms with Crippen LogP contribution in [0.15, 0.2) is 231 Å². The zero-order valence-corrected chi connectivity index (χ0v) is 31.9. The van der Waals surface area contributed by atoms with Crippen LogP contribution in [0.2, 0.25) is 0 Å². The van der Waals surface area contributed by atoms with Gasteiger partial charge in [0, 0.05) is 0 Å². The molecular weight excluding hydrogens is 697 g/mol. The number of benzene rings is 11. The second-order valence-electron chi connectivity index (χ2n) is 15.2. The highest BCUT2D eigenvalue weighted by atomic mass is 14.2. The summed E-state index contributed by atoms with van der Waals surface area (Å²) >= 11 is 0. The van der Waals surface area contributed by atoms with E-state index in [9.17, 15) is 0 Å². The fourth-order valence-electron chi connectivity index (χ4n) is 9.12. The molecule has 11 aromatic carbocycles. The van der Waals surface area contributed by atoms with E-state index >= 15 is 0 Å². The number of rotatable bonds is 6. The molecule has 0 amide bonds. The van der Waals surface area contributed by atoms with Crippen LogP contribution in [-0.4, -0.2) is 0 Å². The van der Waals surface area contributed by atoms with Gasteiger partial charge in [-0.2, -0.15) is 0 Å². The summed E-state index contributed by atoms with van der Waals surface area (Å²) in [6, 6.07) is 84.5. The van der Waals surface area contributed by atoms with Gasteiger partial charge in [0.25, 0.3) is 0 Å². The van der Waals surface area contributed by atoms with Crippen molar-refractivity contribution in [2.24, 2.45) is 0 Å². The molecule has 0 spiro atoms. The van der Waals surface area contributed by atoms with Gasteiger partial charge in [0.15, 0.2) is 0 Å². The Hall–Kier alpha value is -7.54. The predicted molar refractivity (Wildman–Crippen MR) is 249 cm³/mol. The lowest BCUT2D eigenvalue weighted by Crippen LogP contribution is -1.90. The van der Waals surface area contributed by atoms with E-state index in [-0.39, 0.29) is 0 Å². The molecule has 11 rings (SSSR count). The fraction of sp³-hybridized carbons (Fsp3) is 0. The van der Waals surface area contributed by atoms with Crippen LogP contribution >= 0.6 is 0 Å². The van der Waals surface area contributed by atoms with E-state index in [1.54, 1.807) is 0 Å². The van der Waals surface area contributed by atoms with Crippen molar-refractivity contribution < 1.29 is 0 Å². The fourth-order valence-corrected chi connectivity index (χ4v) is 9.12. The first kappa shape index (κ1) is 33.8. The number of fused-ring (bicyclic) bond motifs is 4. The summed E-state index contributed by atoms with van der Waals surface area (Å²) in [4.78, 5) is 0. The highest BCUT2D eigenvalue weighted by Gasteiger charge is 2.16. The summed E-state index contributed by atoms with van der Waals surface area (Å²) in [7, 11) is 0. The van der Waals surface area contributed by atoms with E-state index in [1.165, 1.54) is 110 Å². The molecule has 0 heterocycles. The smallest absolute Gasteiger partial charge is 0.00268 e. The Morgan fingerprint density at radius 3 is 0.966 bits per heavy atom. The molecule has 0 radical (unpaired) electrons. The van der Waals surface area contributed by atoms with Gasteiger partial charge < -0.3 is 0 Å². The first-order valence-corrected chi connectivity index (χ1v) is 20.1. The molecule has 0 aromatic heterocycles. The van der Waals surface area contributed by atoms with Crippen molar-refractivity contribution in [1.29, 1.82) is 0 Å². The lowest BCUT2D eigenvalue weighted by molar-refractivity contribution is 1.59. The maximum absolute atomic E-state index is 2.39. The molecule has 0 unspecified atom stereocenters. The predicted octanol–water partition coefficient (Wildman–Crippen LogP) is 16.3.